The molecule has 0 aliphatic rings. The monoisotopic (exact) mass is 318 g/mol. The Labute approximate surface area is 131 Å². The second kappa shape index (κ2) is 5.10. The van der Waals surface area contributed by atoms with Gasteiger partial charge in [-0.1, -0.05) is 23.2 Å². The molecular formula is C16H12Cl2N2O. The molecule has 21 heavy (non-hydrogen) atoms. The maximum Gasteiger partial charge on any atom is 0.195 e. The summed E-state index contributed by atoms with van der Waals surface area (Å²) >= 11 is 12.2. The van der Waals surface area contributed by atoms with Crippen LogP contribution in [0.4, 0.5) is 5.69 Å². The van der Waals surface area contributed by atoms with Gasteiger partial charge in [0.2, 0.25) is 0 Å². The summed E-state index contributed by atoms with van der Waals surface area (Å²) < 4.78 is 0. The van der Waals surface area contributed by atoms with Gasteiger partial charge < -0.3 is 10.7 Å². The van der Waals surface area contributed by atoms with E-state index in [1.807, 2.05) is 13.0 Å². The van der Waals surface area contributed by atoms with Crippen molar-refractivity contribution in [2.24, 2.45) is 0 Å². The molecule has 0 aliphatic carbocycles. The van der Waals surface area contributed by atoms with Crippen LogP contribution in [0.25, 0.3) is 10.9 Å². The zero-order chi connectivity index (χ0) is 15.1. The standard InChI is InChI=1S/C16H12Cl2N2O/c1-8-2-9(4-11(19)3-8)16(21)12-7-20-14-6-10(17)5-13(18)15(12)14/h2-7,20H,19H2,1H3. The number of benzene rings is 2. The first-order chi connectivity index (χ1) is 9.95. The number of halogens is 2. The van der Waals surface area contributed by atoms with Gasteiger partial charge in [0.25, 0.3) is 0 Å². The summed E-state index contributed by atoms with van der Waals surface area (Å²) in [5.74, 6) is -0.124. The summed E-state index contributed by atoms with van der Waals surface area (Å²) in [5.41, 5.74) is 9.09. The number of hydrogen-bond acceptors (Lipinski definition) is 2. The van der Waals surface area contributed by atoms with Gasteiger partial charge in [-0.05, 0) is 42.8 Å². The average molecular weight is 319 g/mol. The van der Waals surface area contributed by atoms with Gasteiger partial charge in [-0.25, -0.2) is 0 Å². The Morgan fingerprint density at radius 1 is 1.14 bits per heavy atom. The van der Waals surface area contributed by atoms with Gasteiger partial charge in [0, 0.05) is 38.9 Å². The van der Waals surface area contributed by atoms with Crippen LogP contribution in [-0.4, -0.2) is 10.8 Å². The number of anilines is 1. The lowest BCUT2D eigenvalue weighted by Gasteiger charge is -2.04. The Kier molecular flexibility index (Phi) is 3.40. The molecule has 3 nitrogen and oxygen atoms in total. The Hall–Kier alpha value is -1.97. The Morgan fingerprint density at radius 3 is 2.62 bits per heavy atom. The van der Waals surface area contributed by atoms with Crippen LogP contribution in [0.5, 0.6) is 0 Å². The van der Waals surface area contributed by atoms with Gasteiger partial charge in [0.1, 0.15) is 0 Å². The molecule has 1 heterocycles. The van der Waals surface area contributed by atoms with Gasteiger partial charge in [-0.2, -0.15) is 0 Å². The van der Waals surface area contributed by atoms with Gasteiger partial charge >= 0.3 is 0 Å². The predicted octanol–water partition coefficient (Wildman–Crippen LogP) is 4.60. The molecule has 0 aliphatic heterocycles. The number of aryl methyl sites for hydroxylation is 1. The van der Waals surface area contributed by atoms with Crippen LogP contribution in [0, 0.1) is 6.92 Å². The molecule has 0 atom stereocenters. The first kappa shape index (κ1) is 14.0. The largest absolute Gasteiger partial charge is 0.399 e. The van der Waals surface area contributed by atoms with Crippen LogP contribution in [0.1, 0.15) is 21.5 Å². The van der Waals surface area contributed by atoms with Crippen molar-refractivity contribution < 1.29 is 4.79 Å². The topological polar surface area (TPSA) is 58.9 Å². The maximum absolute atomic E-state index is 12.7. The van der Waals surface area contributed by atoms with Crippen molar-refractivity contribution in [1.29, 1.82) is 0 Å². The highest BCUT2D eigenvalue weighted by atomic mass is 35.5. The predicted molar refractivity (Wildman–Crippen MR) is 87.3 cm³/mol. The number of H-pyrrole nitrogens is 1. The number of fused-ring (bicyclic) bond motifs is 1. The summed E-state index contributed by atoms with van der Waals surface area (Å²) in [7, 11) is 0. The quantitative estimate of drug-likeness (QED) is 0.536. The third-order valence-electron chi connectivity index (χ3n) is 3.30. The summed E-state index contributed by atoms with van der Waals surface area (Å²) in [6.07, 6.45) is 1.65. The highest BCUT2D eigenvalue weighted by molar-refractivity contribution is 6.40. The van der Waals surface area contributed by atoms with Gasteiger partial charge in [-0.3, -0.25) is 4.79 Å². The molecule has 2 aromatic carbocycles. The summed E-state index contributed by atoms with van der Waals surface area (Å²) in [4.78, 5) is 15.7. The molecule has 106 valence electrons. The number of hydrogen-bond donors (Lipinski definition) is 2. The first-order valence-corrected chi connectivity index (χ1v) is 7.09. The van der Waals surface area contributed by atoms with Crippen molar-refractivity contribution in [2.45, 2.75) is 6.92 Å². The van der Waals surface area contributed by atoms with Crippen LogP contribution >= 0.6 is 23.2 Å². The number of ketones is 1. The van der Waals surface area contributed by atoms with E-state index < -0.39 is 0 Å². The number of aromatic amines is 1. The van der Waals surface area contributed by atoms with E-state index in [9.17, 15) is 4.79 Å². The zero-order valence-corrected chi connectivity index (χ0v) is 12.7. The van der Waals surface area contributed by atoms with Crippen molar-refractivity contribution in [1.82, 2.24) is 4.98 Å². The van der Waals surface area contributed by atoms with Crippen LogP contribution in [0.3, 0.4) is 0 Å². The summed E-state index contributed by atoms with van der Waals surface area (Å²) in [6.45, 7) is 1.90. The molecule has 0 radical (unpaired) electrons. The number of nitrogens with two attached hydrogens (primary N) is 1. The molecule has 3 aromatic rings. The SMILES string of the molecule is Cc1cc(N)cc(C(=O)c2c[nH]c3cc(Cl)cc(Cl)c23)c1. The number of nitrogen functional groups attached to an aromatic ring is 1. The van der Waals surface area contributed by atoms with Gasteiger partial charge in [-0.15, -0.1) is 0 Å². The number of rotatable bonds is 2. The number of nitrogens with one attached hydrogen (secondary N) is 1. The molecule has 0 saturated heterocycles. The molecular weight excluding hydrogens is 307 g/mol. The average Bonchev–Trinajstić information content (AvgIpc) is 2.80. The van der Waals surface area contributed by atoms with Gasteiger partial charge in [0.05, 0.1) is 5.02 Å². The van der Waals surface area contributed by atoms with Crippen molar-refractivity contribution in [2.75, 3.05) is 5.73 Å². The van der Waals surface area contributed by atoms with E-state index >= 15 is 0 Å². The molecule has 0 amide bonds. The van der Waals surface area contributed by atoms with E-state index in [0.29, 0.717) is 32.2 Å². The van der Waals surface area contributed by atoms with Crippen LogP contribution in [0.15, 0.2) is 36.5 Å². The maximum atomic E-state index is 12.7. The van der Waals surface area contributed by atoms with E-state index in [1.54, 1.807) is 30.5 Å². The minimum Gasteiger partial charge on any atom is -0.399 e. The van der Waals surface area contributed by atoms with E-state index in [2.05, 4.69) is 4.98 Å². The zero-order valence-electron chi connectivity index (χ0n) is 11.2. The molecule has 1 aromatic heterocycles. The molecule has 0 fully saturated rings. The van der Waals surface area contributed by atoms with Crippen molar-refractivity contribution in [3.8, 4) is 0 Å². The van der Waals surface area contributed by atoms with Crippen molar-refractivity contribution in [3.05, 3.63) is 63.3 Å². The minimum absolute atomic E-state index is 0.124. The number of carbonyl (C=O) groups excluding carboxylic acids is 1. The summed E-state index contributed by atoms with van der Waals surface area (Å²) in [6, 6.07) is 8.66. The fourth-order valence-electron chi connectivity index (χ4n) is 2.46. The Bertz CT molecular complexity index is 848. The molecule has 0 unspecified atom stereocenters. The molecule has 5 heteroatoms. The smallest absolute Gasteiger partial charge is 0.195 e. The third-order valence-corrected chi connectivity index (χ3v) is 3.82. The lowest BCUT2D eigenvalue weighted by molar-refractivity contribution is 0.104. The second-order valence-electron chi connectivity index (χ2n) is 4.97. The minimum atomic E-state index is -0.124. The number of aromatic nitrogens is 1. The molecule has 0 spiro atoms. The van der Waals surface area contributed by atoms with Crippen LogP contribution in [-0.2, 0) is 0 Å². The lowest BCUT2D eigenvalue weighted by atomic mass is 10.0. The Morgan fingerprint density at radius 2 is 1.90 bits per heavy atom. The molecule has 3 rings (SSSR count). The lowest BCUT2D eigenvalue weighted by Crippen LogP contribution is -2.02. The van der Waals surface area contributed by atoms with E-state index in [1.165, 1.54) is 0 Å². The fraction of sp³-hybridized carbons (Fsp3) is 0.0625. The van der Waals surface area contributed by atoms with Crippen LogP contribution < -0.4 is 5.73 Å². The molecule has 0 bridgehead atoms. The highest BCUT2D eigenvalue weighted by Crippen LogP contribution is 2.31. The van der Waals surface area contributed by atoms with Crippen molar-refractivity contribution in [3.63, 3.8) is 0 Å². The first-order valence-electron chi connectivity index (χ1n) is 6.33. The summed E-state index contributed by atoms with van der Waals surface area (Å²) in [5, 5.41) is 1.64. The highest BCUT2D eigenvalue weighted by Gasteiger charge is 2.17. The number of carbonyl (C=O) groups is 1. The Balaban J connectivity index is 2.18. The van der Waals surface area contributed by atoms with E-state index in [-0.39, 0.29) is 5.78 Å². The van der Waals surface area contributed by atoms with E-state index in [4.69, 9.17) is 28.9 Å². The molecule has 0 saturated carbocycles. The normalized spacial score (nSPS) is 11.0. The second-order valence-corrected chi connectivity index (χ2v) is 5.82. The third kappa shape index (κ3) is 2.50. The van der Waals surface area contributed by atoms with Crippen molar-refractivity contribution >= 4 is 45.6 Å². The fourth-order valence-corrected chi connectivity index (χ4v) is 3.06. The molecule has 3 N–H and O–H groups in total. The van der Waals surface area contributed by atoms with Crippen LogP contribution in [0.2, 0.25) is 10.0 Å². The van der Waals surface area contributed by atoms with E-state index in [0.717, 1.165) is 11.1 Å². The van der Waals surface area contributed by atoms with Gasteiger partial charge in [0.15, 0.2) is 5.78 Å².